The van der Waals surface area contributed by atoms with Crippen molar-refractivity contribution < 1.29 is 9.32 Å². The van der Waals surface area contributed by atoms with E-state index >= 15 is 0 Å². The van der Waals surface area contributed by atoms with Crippen molar-refractivity contribution >= 4 is 23.3 Å². The number of nitrogens with zero attached hydrogens (tertiary/aromatic N) is 3. The third-order valence-electron chi connectivity index (χ3n) is 3.33. The number of rotatable bonds is 5. The highest BCUT2D eigenvalue weighted by Crippen LogP contribution is 2.25. The molecule has 0 fully saturated rings. The maximum absolute atomic E-state index is 11.1. The van der Waals surface area contributed by atoms with Crippen LogP contribution in [0, 0.1) is 0 Å². The number of nitrogens with one attached hydrogen (secondary N) is 1. The van der Waals surface area contributed by atoms with Crippen LogP contribution in [-0.2, 0) is 0 Å². The Balaban J connectivity index is 1.77. The minimum absolute atomic E-state index is 0.240. The lowest BCUT2D eigenvalue weighted by Crippen LogP contribution is -2.13. The maximum Gasteiger partial charge on any atom is 0.257 e. The van der Waals surface area contributed by atoms with Crippen LogP contribution in [0.5, 0.6) is 0 Å². The minimum Gasteiger partial charge on any atom is -0.366 e. The predicted molar refractivity (Wildman–Crippen MR) is 89.5 cm³/mol. The number of carbonyl (C=O) groups is 1. The van der Waals surface area contributed by atoms with E-state index in [1.807, 2.05) is 37.3 Å². The highest BCUT2D eigenvalue weighted by molar-refractivity contribution is 6.33. The van der Waals surface area contributed by atoms with Gasteiger partial charge in [0.2, 0.25) is 5.91 Å². The first-order valence-electron chi connectivity index (χ1n) is 7.15. The third-order valence-corrected chi connectivity index (χ3v) is 3.62. The molecule has 0 bridgehead atoms. The van der Waals surface area contributed by atoms with Crippen LogP contribution >= 0.6 is 11.6 Å². The number of primary amides is 1. The first-order chi connectivity index (χ1) is 11.5. The number of benzene rings is 1. The van der Waals surface area contributed by atoms with Crippen molar-refractivity contribution in [2.24, 2.45) is 5.73 Å². The second kappa shape index (κ2) is 6.67. The monoisotopic (exact) mass is 343 g/mol. The fraction of sp³-hybridized carbons (Fsp3) is 0.125. The average molecular weight is 344 g/mol. The standard InChI is InChI=1S/C16H14ClN5O2/c1-9(20-15-12(17)7-11(8-19-15)13(18)23)14-21-16(24-22-14)10-5-3-2-4-6-10/h2-9H,1H3,(H2,18,23)(H,19,20). The lowest BCUT2D eigenvalue weighted by Gasteiger charge is -2.12. The zero-order valence-corrected chi connectivity index (χ0v) is 13.5. The van der Waals surface area contributed by atoms with Gasteiger partial charge in [-0.15, -0.1) is 0 Å². The number of anilines is 1. The van der Waals surface area contributed by atoms with Crippen LogP contribution in [0.1, 0.15) is 29.1 Å². The maximum atomic E-state index is 11.1. The van der Waals surface area contributed by atoms with Crippen molar-refractivity contribution in [3.8, 4) is 11.5 Å². The van der Waals surface area contributed by atoms with Crippen LogP contribution in [0.2, 0.25) is 5.02 Å². The van der Waals surface area contributed by atoms with Gasteiger partial charge >= 0.3 is 0 Å². The lowest BCUT2D eigenvalue weighted by molar-refractivity contribution is 0.1000. The molecule has 1 atom stereocenters. The molecular weight excluding hydrogens is 330 g/mol. The molecule has 1 amide bonds. The molecule has 0 spiro atoms. The van der Waals surface area contributed by atoms with Gasteiger partial charge in [0.15, 0.2) is 5.82 Å². The van der Waals surface area contributed by atoms with Gasteiger partial charge in [-0.1, -0.05) is 35.0 Å². The van der Waals surface area contributed by atoms with E-state index in [0.29, 0.717) is 17.5 Å². The Kier molecular flexibility index (Phi) is 4.43. The van der Waals surface area contributed by atoms with E-state index < -0.39 is 5.91 Å². The van der Waals surface area contributed by atoms with E-state index in [4.69, 9.17) is 21.9 Å². The molecule has 0 aliphatic rings. The summed E-state index contributed by atoms with van der Waals surface area (Å²) >= 11 is 6.11. The van der Waals surface area contributed by atoms with Crippen LogP contribution < -0.4 is 11.1 Å². The van der Waals surface area contributed by atoms with Crippen molar-refractivity contribution in [1.29, 1.82) is 0 Å². The molecule has 0 saturated heterocycles. The summed E-state index contributed by atoms with van der Waals surface area (Å²) in [6.45, 7) is 1.85. The molecule has 0 aliphatic heterocycles. The van der Waals surface area contributed by atoms with Gasteiger partial charge < -0.3 is 15.6 Å². The van der Waals surface area contributed by atoms with Crippen LogP contribution in [0.3, 0.4) is 0 Å². The van der Waals surface area contributed by atoms with Gasteiger partial charge in [-0.05, 0) is 25.1 Å². The number of aromatic nitrogens is 3. The Morgan fingerprint density at radius 2 is 2.08 bits per heavy atom. The summed E-state index contributed by atoms with van der Waals surface area (Å²) in [5.41, 5.74) is 6.27. The summed E-state index contributed by atoms with van der Waals surface area (Å²) < 4.78 is 5.27. The molecule has 122 valence electrons. The number of amides is 1. The van der Waals surface area contributed by atoms with Crippen LogP contribution in [0.25, 0.3) is 11.5 Å². The number of hydrogen-bond acceptors (Lipinski definition) is 6. The molecule has 7 nitrogen and oxygen atoms in total. The first-order valence-corrected chi connectivity index (χ1v) is 7.53. The summed E-state index contributed by atoms with van der Waals surface area (Å²) in [6.07, 6.45) is 1.36. The highest BCUT2D eigenvalue weighted by Gasteiger charge is 2.17. The van der Waals surface area contributed by atoms with Gasteiger partial charge in [-0.3, -0.25) is 4.79 Å². The quantitative estimate of drug-likeness (QED) is 0.737. The second-order valence-electron chi connectivity index (χ2n) is 5.11. The van der Waals surface area contributed by atoms with Gasteiger partial charge in [0.25, 0.3) is 5.89 Å². The van der Waals surface area contributed by atoms with E-state index in [1.54, 1.807) is 0 Å². The van der Waals surface area contributed by atoms with Crippen molar-refractivity contribution in [1.82, 2.24) is 15.1 Å². The molecule has 24 heavy (non-hydrogen) atoms. The molecule has 2 heterocycles. The van der Waals surface area contributed by atoms with E-state index in [-0.39, 0.29) is 16.6 Å². The molecule has 2 aromatic heterocycles. The molecule has 3 rings (SSSR count). The molecule has 3 aromatic rings. The average Bonchev–Trinajstić information content (AvgIpc) is 3.07. The van der Waals surface area contributed by atoms with Crippen LogP contribution in [-0.4, -0.2) is 21.0 Å². The smallest absolute Gasteiger partial charge is 0.257 e. The summed E-state index contributed by atoms with van der Waals surface area (Å²) in [5, 5.41) is 7.33. The Labute approximate surface area is 142 Å². The number of hydrogen-bond donors (Lipinski definition) is 2. The first kappa shape index (κ1) is 15.9. The molecule has 3 N–H and O–H groups in total. The SMILES string of the molecule is CC(Nc1ncc(C(N)=O)cc1Cl)c1noc(-c2ccccc2)n1. The van der Waals surface area contributed by atoms with Crippen LogP contribution in [0.4, 0.5) is 5.82 Å². The Hall–Kier alpha value is -2.93. The van der Waals surface area contributed by atoms with Gasteiger partial charge in [-0.25, -0.2) is 4.98 Å². The fourth-order valence-electron chi connectivity index (χ4n) is 2.06. The van der Waals surface area contributed by atoms with E-state index in [9.17, 15) is 4.79 Å². The molecule has 1 unspecified atom stereocenters. The summed E-state index contributed by atoms with van der Waals surface area (Å²) in [7, 11) is 0. The summed E-state index contributed by atoms with van der Waals surface area (Å²) in [5.74, 6) is 0.711. The third kappa shape index (κ3) is 3.36. The number of carbonyl (C=O) groups excluding carboxylic acids is 1. The highest BCUT2D eigenvalue weighted by atomic mass is 35.5. The molecule has 0 saturated carbocycles. The Bertz CT molecular complexity index is 866. The van der Waals surface area contributed by atoms with Gasteiger partial charge in [-0.2, -0.15) is 4.98 Å². The van der Waals surface area contributed by atoms with Gasteiger partial charge in [0.1, 0.15) is 5.82 Å². The van der Waals surface area contributed by atoms with E-state index in [0.717, 1.165) is 5.56 Å². The normalized spacial score (nSPS) is 11.9. The lowest BCUT2D eigenvalue weighted by atomic mass is 10.2. The molecule has 0 aliphatic carbocycles. The fourth-order valence-corrected chi connectivity index (χ4v) is 2.28. The Morgan fingerprint density at radius 1 is 1.33 bits per heavy atom. The van der Waals surface area contributed by atoms with Crippen molar-refractivity contribution in [2.75, 3.05) is 5.32 Å². The van der Waals surface area contributed by atoms with Gasteiger partial charge in [0.05, 0.1) is 16.6 Å². The molecular formula is C16H14ClN5O2. The number of halogens is 1. The largest absolute Gasteiger partial charge is 0.366 e. The van der Waals surface area contributed by atoms with Gasteiger partial charge in [0, 0.05) is 11.8 Å². The second-order valence-corrected chi connectivity index (χ2v) is 5.52. The van der Waals surface area contributed by atoms with Crippen molar-refractivity contribution in [3.05, 3.63) is 59.0 Å². The zero-order chi connectivity index (χ0) is 17.1. The molecule has 0 radical (unpaired) electrons. The predicted octanol–water partition coefficient (Wildman–Crippen LogP) is 3.06. The summed E-state index contributed by atoms with van der Waals surface area (Å²) in [4.78, 5) is 19.6. The molecule has 8 heteroatoms. The van der Waals surface area contributed by atoms with Crippen LogP contribution in [0.15, 0.2) is 47.1 Å². The Morgan fingerprint density at radius 3 is 2.75 bits per heavy atom. The van der Waals surface area contributed by atoms with Crippen molar-refractivity contribution in [2.45, 2.75) is 13.0 Å². The minimum atomic E-state index is -0.588. The molecule has 1 aromatic carbocycles. The number of pyridine rings is 1. The summed E-state index contributed by atoms with van der Waals surface area (Å²) in [6, 6.07) is 10.6. The topological polar surface area (TPSA) is 107 Å². The van der Waals surface area contributed by atoms with E-state index in [2.05, 4.69) is 20.4 Å². The van der Waals surface area contributed by atoms with E-state index in [1.165, 1.54) is 12.3 Å². The van der Waals surface area contributed by atoms with Crippen molar-refractivity contribution in [3.63, 3.8) is 0 Å². The number of nitrogens with two attached hydrogens (primary N) is 1. The zero-order valence-electron chi connectivity index (χ0n) is 12.7.